The van der Waals surface area contributed by atoms with Gasteiger partial charge in [-0.1, -0.05) is 5.21 Å². The van der Waals surface area contributed by atoms with E-state index in [-0.39, 0.29) is 5.69 Å². The highest BCUT2D eigenvalue weighted by molar-refractivity contribution is 5.99. The van der Waals surface area contributed by atoms with Gasteiger partial charge in [-0.05, 0) is 12.1 Å². The summed E-state index contributed by atoms with van der Waals surface area (Å²) in [5.74, 6) is 0.505. The number of anilines is 1. The first kappa shape index (κ1) is 12.0. The van der Waals surface area contributed by atoms with E-state index in [1.54, 1.807) is 18.3 Å². The smallest absolute Gasteiger partial charge is 0.278 e. The average molecular weight is 271 g/mol. The van der Waals surface area contributed by atoms with Crippen LogP contribution in [0.5, 0.6) is 0 Å². The Labute approximate surface area is 112 Å². The maximum atomic E-state index is 11.0. The fourth-order valence-electron chi connectivity index (χ4n) is 1.92. The molecule has 1 aromatic carbocycles. The molecule has 0 radical (unpaired) electrons. The standard InChI is InChI=1S/C11H9N7O2/c19-18(20)10-2-1-9(7-3-4-12-5-8(7)10)13-6-11-14-16-17-15-11/h1-5,13H,6H2,(H,14,15,16,17). The molecule has 0 bridgehead atoms. The fraction of sp³-hybridized carbons (Fsp3) is 0.0909. The molecular formula is C11H9N7O2. The molecule has 9 nitrogen and oxygen atoms in total. The number of tetrazole rings is 1. The summed E-state index contributed by atoms with van der Waals surface area (Å²) >= 11 is 0. The van der Waals surface area contributed by atoms with Gasteiger partial charge in [-0.3, -0.25) is 15.1 Å². The van der Waals surface area contributed by atoms with Crippen LogP contribution in [0.2, 0.25) is 0 Å². The molecule has 0 aliphatic rings. The van der Waals surface area contributed by atoms with Crippen molar-refractivity contribution < 1.29 is 4.92 Å². The van der Waals surface area contributed by atoms with Crippen LogP contribution in [-0.4, -0.2) is 30.5 Å². The second-order valence-electron chi connectivity index (χ2n) is 3.99. The van der Waals surface area contributed by atoms with Crippen LogP contribution >= 0.6 is 0 Å². The van der Waals surface area contributed by atoms with Gasteiger partial charge in [0, 0.05) is 29.5 Å². The van der Waals surface area contributed by atoms with Crippen LogP contribution in [0.1, 0.15) is 5.82 Å². The molecule has 3 aromatic rings. The second kappa shape index (κ2) is 4.88. The summed E-state index contributed by atoms with van der Waals surface area (Å²) in [7, 11) is 0. The van der Waals surface area contributed by atoms with Gasteiger partial charge in [-0.2, -0.15) is 5.21 Å². The Kier molecular flexibility index (Phi) is 2.92. The monoisotopic (exact) mass is 271 g/mol. The van der Waals surface area contributed by atoms with E-state index in [1.165, 1.54) is 12.3 Å². The number of H-pyrrole nitrogens is 1. The molecule has 2 N–H and O–H groups in total. The lowest BCUT2D eigenvalue weighted by molar-refractivity contribution is -0.383. The number of hydrogen-bond acceptors (Lipinski definition) is 7. The van der Waals surface area contributed by atoms with Crippen molar-refractivity contribution >= 4 is 22.1 Å². The summed E-state index contributed by atoms with van der Waals surface area (Å²) < 4.78 is 0. The van der Waals surface area contributed by atoms with Crippen molar-refractivity contribution in [1.82, 2.24) is 25.6 Å². The highest BCUT2D eigenvalue weighted by atomic mass is 16.6. The molecule has 20 heavy (non-hydrogen) atoms. The summed E-state index contributed by atoms with van der Waals surface area (Å²) in [6.07, 6.45) is 3.07. The largest absolute Gasteiger partial charge is 0.377 e. The molecule has 0 aliphatic carbocycles. The molecule has 0 unspecified atom stereocenters. The molecule has 2 heterocycles. The van der Waals surface area contributed by atoms with Crippen LogP contribution in [0.25, 0.3) is 10.8 Å². The number of aromatic nitrogens is 5. The number of nitrogens with zero attached hydrogens (tertiary/aromatic N) is 5. The number of hydrogen-bond donors (Lipinski definition) is 2. The van der Waals surface area contributed by atoms with Crippen LogP contribution in [0.15, 0.2) is 30.6 Å². The number of aromatic amines is 1. The Hall–Kier alpha value is -3.10. The number of benzene rings is 1. The lowest BCUT2D eigenvalue weighted by Gasteiger charge is -2.08. The van der Waals surface area contributed by atoms with Gasteiger partial charge in [0.15, 0.2) is 5.82 Å². The molecule has 0 saturated carbocycles. The Balaban J connectivity index is 1.99. The van der Waals surface area contributed by atoms with Gasteiger partial charge in [-0.25, -0.2) is 0 Å². The zero-order valence-corrected chi connectivity index (χ0v) is 10.1. The minimum absolute atomic E-state index is 0.0261. The van der Waals surface area contributed by atoms with Crippen LogP contribution in [0.4, 0.5) is 11.4 Å². The van der Waals surface area contributed by atoms with Gasteiger partial charge in [0.05, 0.1) is 16.9 Å². The highest BCUT2D eigenvalue weighted by Crippen LogP contribution is 2.30. The number of pyridine rings is 1. The summed E-state index contributed by atoms with van der Waals surface area (Å²) in [4.78, 5) is 14.5. The zero-order valence-electron chi connectivity index (χ0n) is 10.1. The van der Waals surface area contributed by atoms with E-state index in [0.29, 0.717) is 17.8 Å². The number of rotatable bonds is 4. The maximum absolute atomic E-state index is 11.0. The van der Waals surface area contributed by atoms with Crippen molar-refractivity contribution in [3.63, 3.8) is 0 Å². The summed E-state index contributed by atoms with van der Waals surface area (Å²) in [5, 5.41) is 28.8. The van der Waals surface area contributed by atoms with E-state index in [9.17, 15) is 10.1 Å². The first-order valence-corrected chi connectivity index (χ1v) is 5.73. The molecule has 0 atom stereocenters. The predicted molar refractivity (Wildman–Crippen MR) is 69.9 cm³/mol. The van der Waals surface area contributed by atoms with Gasteiger partial charge in [0.25, 0.3) is 5.69 Å². The zero-order chi connectivity index (χ0) is 13.9. The number of non-ortho nitro benzene ring substituents is 1. The molecule has 0 fully saturated rings. The molecule has 0 spiro atoms. The van der Waals surface area contributed by atoms with Crippen LogP contribution < -0.4 is 5.32 Å². The Bertz CT molecular complexity index is 757. The lowest BCUT2D eigenvalue weighted by atomic mass is 10.1. The van der Waals surface area contributed by atoms with E-state index in [2.05, 4.69) is 30.9 Å². The third-order valence-electron chi connectivity index (χ3n) is 2.82. The van der Waals surface area contributed by atoms with E-state index < -0.39 is 4.92 Å². The number of nitro benzene ring substituents is 1. The normalized spacial score (nSPS) is 10.6. The van der Waals surface area contributed by atoms with Crippen molar-refractivity contribution in [1.29, 1.82) is 0 Å². The van der Waals surface area contributed by atoms with Gasteiger partial charge in [0.2, 0.25) is 0 Å². The van der Waals surface area contributed by atoms with E-state index in [1.807, 2.05) is 0 Å². The maximum Gasteiger partial charge on any atom is 0.278 e. The first-order valence-electron chi connectivity index (χ1n) is 5.73. The van der Waals surface area contributed by atoms with Crippen LogP contribution in [0.3, 0.4) is 0 Å². The van der Waals surface area contributed by atoms with Gasteiger partial charge < -0.3 is 5.32 Å². The minimum Gasteiger partial charge on any atom is -0.377 e. The second-order valence-corrected chi connectivity index (χ2v) is 3.99. The quantitative estimate of drug-likeness (QED) is 0.541. The van der Waals surface area contributed by atoms with E-state index in [4.69, 9.17) is 0 Å². The average Bonchev–Trinajstić information content (AvgIpc) is 2.97. The van der Waals surface area contributed by atoms with Crippen LogP contribution in [0, 0.1) is 10.1 Å². The third kappa shape index (κ3) is 2.11. The Morgan fingerprint density at radius 3 is 2.95 bits per heavy atom. The minimum atomic E-state index is -0.424. The summed E-state index contributed by atoms with van der Waals surface area (Å²) in [6.45, 7) is 0.367. The molecule has 0 amide bonds. The summed E-state index contributed by atoms with van der Waals surface area (Å²) in [5.41, 5.74) is 0.774. The first-order chi connectivity index (χ1) is 9.75. The molecule has 100 valence electrons. The topological polar surface area (TPSA) is 123 Å². The van der Waals surface area contributed by atoms with Gasteiger partial charge in [-0.15, -0.1) is 10.2 Å². The Morgan fingerprint density at radius 2 is 2.20 bits per heavy atom. The van der Waals surface area contributed by atoms with Gasteiger partial charge in [0.1, 0.15) is 0 Å². The molecule has 0 aliphatic heterocycles. The molecule has 2 aromatic heterocycles. The number of nitro groups is 1. The highest BCUT2D eigenvalue weighted by Gasteiger charge is 2.14. The van der Waals surface area contributed by atoms with Crippen molar-refractivity contribution in [2.45, 2.75) is 6.54 Å². The molecule has 3 rings (SSSR count). The SMILES string of the molecule is O=[N+]([O-])c1ccc(NCc2nn[nH]n2)c2ccncc12. The summed E-state index contributed by atoms with van der Waals surface area (Å²) in [6, 6.07) is 4.82. The van der Waals surface area contributed by atoms with E-state index in [0.717, 1.165) is 11.1 Å². The third-order valence-corrected chi connectivity index (χ3v) is 2.82. The van der Waals surface area contributed by atoms with Crippen LogP contribution in [-0.2, 0) is 6.54 Å². The molecule has 0 saturated heterocycles. The molecular weight excluding hydrogens is 262 g/mol. The number of fused-ring (bicyclic) bond motifs is 1. The van der Waals surface area contributed by atoms with Crippen molar-refractivity contribution in [3.8, 4) is 0 Å². The fourth-order valence-corrected chi connectivity index (χ4v) is 1.92. The van der Waals surface area contributed by atoms with E-state index >= 15 is 0 Å². The van der Waals surface area contributed by atoms with Crippen molar-refractivity contribution in [2.24, 2.45) is 0 Å². The lowest BCUT2D eigenvalue weighted by Crippen LogP contribution is -2.02. The van der Waals surface area contributed by atoms with Crippen molar-refractivity contribution in [2.75, 3.05) is 5.32 Å². The van der Waals surface area contributed by atoms with Crippen molar-refractivity contribution in [3.05, 3.63) is 46.5 Å². The molecule has 9 heteroatoms. The van der Waals surface area contributed by atoms with Gasteiger partial charge >= 0.3 is 0 Å². The Morgan fingerprint density at radius 1 is 1.30 bits per heavy atom. The predicted octanol–water partition coefficient (Wildman–Crippen LogP) is 1.27. The number of nitrogens with one attached hydrogen (secondary N) is 2.